The number of carbonyl (C=O) groups excluding carboxylic acids is 3. The summed E-state index contributed by atoms with van der Waals surface area (Å²) in [5.74, 6) is -0.00172. The molecular weight excluding hydrogens is 406 g/mol. The molecule has 4 amide bonds. The van der Waals surface area contributed by atoms with Gasteiger partial charge in [-0.15, -0.1) is 0 Å². The summed E-state index contributed by atoms with van der Waals surface area (Å²) in [4.78, 5) is 39.6. The highest BCUT2D eigenvalue weighted by atomic mass is 16.5. The Labute approximate surface area is 188 Å². The second-order valence-electron chi connectivity index (χ2n) is 8.57. The summed E-state index contributed by atoms with van der Waals surface area (Å²) in [6.45, 7) is 2.04. The van der Waals surface area contributed by atoms with E-state index in [1.54, 1.807) is 31.2 Å². The van der Waals surface area contributed by atoms with Crippen LogP contribution in [0.25, 0.3) is 0 Å². The van der Waals surface area contributed by atoms with Crippen molar-refractivity contribution in [1.82, 2.24) is 10.2 Å². The number of urea groups is 1. The van der Waals surface area contributed by atoms with Crippen molar-refractivity contribution in [2.75, 3.05) is 5.32 Å². The molecule has 2 aromatic rings. The van der Waals surface area contributed by atoms with Gasteiger partial charge in [-0.1, -0.05) is 56.0 Å². The Bertz CT molecular complexity index is 966. The summed E-state index contributed by atoms with van der Waals surface area (Å²) in [5.41, 5.74) is 0.795. The van der Waals surface area contributed by atoms with Crippen LogP contribution in [0, 0.1) is 0 Å². The maximum absolute atomic E-state index is 13.1. The molecule has 7 heteroatoms. The number of nitrogens with one attached hydrogen (secondary N) is 2. The Hall–Kier alpha value is -3.35. The van der Waals surface area contributed by atoms with E-state index < -0.39 is 23.5 Å². The topological polar surface area (TPSA) is 87.7 Å². The molecular formula is C25H29N3O4. The molecule has 1 unspecified atom stereocenters. The molecule has 1 aliphatic carbocycles. The minimum atomic E-state index is -0.904. The number of anilines is 1. The minimum Gasteiger partial charge on any atom is -0.489 e. The number of ether oxygens (including phenoxy) is 1. The van der Waals surface area contributed by atoms with Crippen LogP contribution < -0.4 is 15.4 Å². The monoisotopic (exact) mass is 435 g/mol. The standard InChI is InChI=1S/C25H29N3O4/c1-18(28-23(30)25(27-24(28)31)15-7-2-3-8-16-25)22(29)26-20-11-13-21(14-12-20)32-17-19-9-5-4-6-10-19/h4-6,9-14,18H,2-3,7-8,15-17H2,1H3,(H,26,29)(H,27,31). The second-order valence-corrected chi connectivity index (χ2v) is 8.57. The molecule has 0 radical (unpaired) electrons. The SMILES string of the molecule is CC(C(=O)Nc1ccc(OCc2ccccc2)cc1)N1C(=O)NC2(CCCCCC2)C1=O. The van der Waals surface area contributed by atoms with Gasteiger partial charge in [0.1, 0.15) is 23.9 Å². The Balaban J connectivity index is 1.36. The molecule has 2 aromatic carbocycles. The van der Waals surface area contributed by atoms with Gasteiger partial charge in [0.2, 0.25) is 5.91 Å². The Morgan fingerprint density at radius 3 is 2.34 bits per heavy atom. The van der Waals surface area contributed by atoms with Crippen molar-refractivity contribution in [3.05, 3.63) is 60.2 Å². The molecule has 4 rings (SSSR count). The largest absolute Gasteiger partial charge is 0.489 e. The summed E-state index contributed by atoms with van der Waals surface area (Å²) < 4.78 is 5.76. The Kier molecular flexibility index (Phi) is 6.44. The van der Waals surface area contributed by atoms with Crippen LogP contribution in [-0.4, -0.2) is 34.3 Å². The molecule has 168 valence electrons. The number of hydrogen-bond donors (Lipinski definition) is 2. The van der Waals surface area contributed by atoms with E-state index in [1.807, 2.05) is 30.3 Å². The van der Waals surface area contributed by atoms with Crippen molar-refractivity contribution in [3.63, 3.8) is 0 Å². The van der Waals surface area contributed by atoms with Gasteiger partial charge in [-0.05, 0) is 49.6 Å². The quantitative estimate of drug-likeness (QED) is 0.665. The second kappa shape index (κ2) is 9.42. The first-order chi connectivity index (χ1) is 15.5. The van der Waals surface area contributed by atoms with E-state index in [0.717, 1.165) is 36.1 Å². The van der Waals surface area contributed by atoms with Gasteiger partial charge >= 0.3 is 6.03 Å². The number of rotatable bonds is 6. The average molecular weight is 436 g/mol. The number of benzene rings is 2. The van der Waals surface area contributed by atoms with Crippen LogP contribution in [0.5, 0.6) is 5.75 Å². The molecule has 7 nitrogen and oxygen atoms in total. The predicted molar refractivity (Wildman–Crippen MR) is 121 cm³/mol. The lowest BCUT2D eigenvalue weighted by Crippen LogP contribution is -2.49. The predicted octanol–water partition coefficient (Wildman–Crippen LogP) is 4.24. The van der Waals surface area contributed by atoms with Crippen molar-refractivity contribution in [3.8, 4) is 5.75 Å². The molecule has 0 aromatic heterocycles. The highest BCUT2D eigenvalue weighted by Crippen LogP contribution is 2.33. The molecule has 1 atom stereocenters. The molecule has 1 spiro atoms. The van der Waals surface area contributed by atoms with Crippen LogP contribution >= 0.6 is 0 Å². The fourth-order valence-corrected chi connectivity index (χ4v) is 4.40. The third-order valence-corrected chi connectivity index (χ3v) is 6.29. The molecule has 32 heavy (non-hydrogen) atoms. The molecule has 2 fully saturated rings. The van der Waals surface area contributed by atoms with E-state index >= 15 is 0 Å². The van der Waals surface area contributed by atoms with E-state index in [2.05, 4.69) is 10.6 Å². The van der Waals surface area contributed by atoms with Crippen LogP contribution in [0.3, 0.4) is 0 Å². The van der Waals surface area contributed by atoms with Crippen molar-refractivity contribution in [2.45, 2.75) is 63.6 Å². The van der Waals surface area contributed by atoms with Gasteiger partial charge < -0.3 is 15.4 Å². The fraction of sp³-hybridized carbons (Fsp3) is 0.400. The molecule has 1 saturated heterocycles. The molecule has 1 heterocycles. The van der Waals surface area contributed by atoms with E-state index in [1.165, 1.54) is 0 Å². The van der Waals surface area contributed by atoms with Crippen molar-refractivity contribution >= 4 is 23.5 Å². The van der Waals surface area contributed by atoms with Crippen LogP contribution in [-0.2, 0) is 16.2 Å². The maximum atomic E-state index is 13.1. The van der Waals surface area contributed by atoms with Gasteiger partial charge in [-0.25, -0.2) is 9.69 Å². The first-order valence-electron chi connectivity index (χ1n) is 11.2. The van der Waals surface area contributed by atoms with Gasteiger partial charge in [0.15, 0.2) is 0 Å². The lowest BCUT2D eigenvalue weighted by atomic mass is 9.90. The summed E-state index contributed by atoms with van der Waals surface area (Å²) in [6, 6.07) is 15.5. The lowest BCUT2D eigenvalue weighted by Gasteiger charge is -2.26. The summed E-state index contributed by atoms with van der Waals surface area (Å²) in [6.07, 6.45) is 5.19. The zero-order valence-corrected chi connectivity index (χ0v) is 18.3. The van der Waals surface area contributed by atoms with Crippen molar-refractivity contribution in [2.24, 2.45) is 0 Å². The number of carbonyl (C=O) groups is 3. The molecule has 1 saturated carbocycles. The van der Waals surface area contributed by atoms with Crippen LogP contribution in [0.4, 0.5) is 10.5 Å². The molecule has 2 aliphatic rings. The maximum Gasteiger partial charge on any atom is 0.325 e. The summed E-state index contributed by atoms with van der Waals surface area (Å²) >= 11 is 0. The van der Waals surface area contributed by atoms with Gasteiger partial charge in [-0.3, -0.25) is 9.59 Å². The number of nitrogens with zero attached hydrogens (tertiary/aromatic N) is 1. The van der Waals surface area contributed by atoms with E-state index in [-0.39, 0.29) is 5.91 Å². The van der Waals surface area contributed by atoms with Crippen LogP contribution in [0.2, 0.25) is 0 Å². The van der Waals surface area contributed by atoms with Gasteiger partial charge in [0.05, 0.1) is 0 Å². The fourth-order valence-electron chi connectivity index (χ4n) is 4.40. The molecule has 1 aliphatic heterocycles. The summed E-state index contributed by atoms with van der Waals surface area (Å²) in [5, 5.41) is 5.68. The van der Waals surface area contributed by atoms with Crippen LogP contribution in [0.1, 0.15) is 51.0 Å². The average Bonchev–Trinajstić information content (AvgIpc) is 2.94. The normalized spacial score (nSPS) is 18.7. The smallest absolute Gasteiger partial charge is 0.325 e. The third kappa shape index (κ3) is 4.61. The number of amides is 4. The Morgan fingerprint density at radius 2 is 1.69 bits per heavy atom. The van der Waals surface area contributed by atoms with Crippen molar-refractivity contribution < 1.29 is 19.1 Å². The summed E-state index contributed by atoms with van der Waals surface area (Å²) in [7, 11) is 0. The molecule has 2 N–H and O–H groups in total. The lowest BCUT2D eigenvalue weighted by molar-refractivity contribution is -0.136. The first kappa shape index (κ1) is 21.9. The highest BCUT2D eigenvalue weighted by molar-refractivity contribution is 6.11. The van der Waals surface area contributed by atoms with Crippen LogP contribution in [0.15, 0.2) is 54.6 Å². The van der Waals surface area contributed by atoms with E-state index in [4.69, 9.17) is 4.74 Å². The minimum absolute atomic E-state index is 0.281. The number of hydrogen-bond acceptors (Lipinski definition) is 4. The van der Waals surface area contributed by atoms with Gasteiger partial charge in [0, 0.05) is 5.69 Å². The number of imide groups is 1. The molecule has 0 bridgehead atoms. The first-order valence-corrected chi connectivity index (χ1v) is 11.2. The zero-order valence-electron chi connectivity index (χ0n) is 18.3. The van der Waals surface area contributed by atoms with Gasteiger partial charge in [-0.2, -0.15) is 0 Å². The zero-order chi connectivity index (χ0) is 22.6. The van der Waals surface area contributed by atoms with E-state index in [9.17, 15) is 14.4 Å². The van der Waals surface area contributed by atoms with Crippen molar-refractivity contribution in [1.29, 1.82) is 0 Å². The highest BCUT2D eigenvalue weighted by Gasteiger charge is 2.53. The van der Waals surface area contributed by atoms with Gasteiger partial charge in [0.25, 0.3) is 5.91 Å². The van der Waals surface area contributed by atoms with E-state index in [0.29, 0.717) is 30.9 Å². The third-order valence-electron chi connectivity index (χ3n) is 6.29. The Morgan fingerprint density at radius 1 is 1.03 bits per heavy atom.